The summed E-state index contributed by atoms with van der Waals surface area (Å²) in [7, 11) is -2.52. The highest BCUT2D eigenvalue weighted by molar-refractivity contribution is 7.89. The van der Waals surface area contributed by atoms with Crippen LogP contribution in [0.2, 0.25) is 0 Å². The van der Waals surface area contributed by atoms with Crippen LogP contribution in [0.1, 0.15) is 12.5 Å². The number of benzene rings is 2. The molecule has 1 fully saturated rings. The van der Waals surface area contributed by atoms with E-state index in [4.69, 9.17) is 4.74 Å². The first-order valence-corrected chi connectivity index (χ1v) is 10.2. The van der Waals surface area contributed by atoms with Gasteiger partial charge in [-0.3, -0.25) is 0 Å². The van der Waals surface area contributed by atoms with Gasteiger partial charge in [0.1, 0.15) is 22.2 Å². The zero-order valence-electron chi connectivity index (χ0n) is 15.2. The Balaban J connectivity index is 1.56. The fourth-order valence-corrected chi connectivity index (χ4v) is 4.99. The van der Waals surface area contributed by atoms with E-state index in [-0.39, 0.29) is 23.2 Å². The molecule has 1 aromatic heterocycles. The maximum atomic E-state index is 13.6. The van der Waals surface area contributed by atoms with Crippen molar-refractivity contribution >= 4 is 10.0 Å². The van der Waals surface area contributed by atoms with Gasteiger partial charge in [-0.2, -0.15) is 4.31 Å². The highest BCUT2D eigenvalue weighted by atomic mass is 32.2. The number of sulfonamides is 1. The Kier molecular flexibility index (Phi) is 4.86. The van der Waals surface area contributed by atoms with Gasteiger partial charge in [0.15, 0.2) is 0 Å². The van der Waals surface area contributed by atoms with Gasteiger partial charge in [-0.1, -0.05) is 35.5 Å². The normalized spacial score (nSPS) is 17.7. The minimum absolute atomic E-state index is 0.122. The summed E-state index contributed by atoms with van der Waals surface area (Å²) >= 11 is 0. The quantitative estimate of drug-likeness (QED) is 0.656. The summed E-state index contributed by atoms with van der Waals surface area (Å²) in [6.07, 6.45) is 2.41. The number of hydrogen-bond donors (Lipinski definition) is 0. The molecule has 0 saturated carbocycles. The Morgan fingerprint density at radius 2 is 1.96 bits per heavy atom. The van der Waals surface area contributed by atoms with E-state index in [9.17, 15) is 12.8 Å². The number of halogens is 1. The molecule has 0 bridgehead atoms. The molecule has 28 heavy (non-hydrogen) atoms. The molecule has 0 radical (unpaired) electrons. The molecule has 9 heteroatoms. The molecule has 4 rings (SSSR count). The van der Waals surface area contributed by atoms with E-state index in [0.29, 0.717) is 13.0 Å². The molecule has 1 saturated heterocycles. The van der Waals surface area contributed by atoms with Crippen LogP contribution in [0.4, 0.5) is 4.39 Å². The molecule has 2 aromatic carbocycles. The third kappa shape index (κ3) is 3.38. The number of methoxy groups -OCH3 is 1. The highest BCUT2D eigenvalue weighted by Gasteiger charge is 2.35. The summed E-state index contributed by atoms with van der Waals surface area (Å²) < 4.78 is 47.8. The molecular formula is C19H19FN4O3S. The fraction of sp³-hybridized carbons (Fsp3) is 0.263. The van der Waals surface area contributed by atoms with Crippen LogP contribution in [0.5, 0.6) is 5.75 Å². The van der Waals surface area contributed by atoms with Crippen LogP contribution in [0.3, 0.4) is 0 Å². The average Bonchev–Trinajstić information content (AvgIpc) is 3.38. The lowest BCUT2D eigenvalue weighted by molar-refractivity contribution is 0.393. The molecule has 1 aliphatic heterocycles. The molecule has 0 amide bonds. The zero-order chi connectivity index (χ0) is 19.7. The van der Waals surface area contributed by atoms with Gasteiger partial charge in [0.05, 0.1) is 19.3 Å². The topological polar surface area (TPSA) is 77.3 Å². The standard InChI is InChI=1S/C19H19FN4O3S/c1-27-18-8-7-15(20)11-19(18)28(25,26)23-10-9-16(12-23)24-13-17(21-22-24)14-5-3-2-4-6-14/h2-8,11,13,16H,9-10,12H2,1H3. The van der Waals surface area contributed by atoms with Crippen molar-refractivity contribution in [3.05, 3.63) is 60.5 Å². The predicted molar refractivity (Wildman–Crippen MR) is 101 cm³/mol. The second-order valence-electron chi connectivity index (χ2n) is 6.55. The molecule has 2 heterocycles. The van der Waals surface area contributed by atoms with Crippen LogP contribution in [0, 0.1) is 5.82 Å². The van der Waals surface area contributed by atoms with Crippen LogP contribution in [0.25, 0.3) is 11.3 Å². The summed E-state index contributed by atoms with van der Waals surface area (Å²) in [5.41, 5.74) is 1.68. The van der Waals surface area contributed by atoms with Crippen LogP contribution < -0.4 is 4.74 Å². The van der Waals surface area contributed by atoms with Gasteiger partial charge in [0.25, 0.3) is 0 Å². The van der Waals surface area contributed by atoms with Crippen molar-refractivity contribution in [2.45, 2.75) is 17.4 Å². The lowest BCUT2D eigenvalue weighted by Crippen LogP contribution is -2.29. The molecule has 146 valence electrons. The Labute approximate surface area is 162 Å². The SMILES string of the molecule is COc1ccc(F)cc1S(=O)(=O)N1CCC(n2cc(-c3ccccc3)nn2)C1. The van der Waals surface area contributed by atoms with Crippen molar-refractivity contribution in [3.63, 3.8) is 0 Å². The monoisotopic (exact) mass is 402 g/mol. The molecule has 7 nitrogen and oxygen atoms in total. The van der Waals surface area contributed by atoms with E-state index in [1.807, 2.05) is 36.5 Å². The summed E-state index contributed by atoms with van der Waals surface area (Å²) in [6.45, 7) is 0.548. The largest absolute Gasteiger partial charge is 0.495 e. The van der Waals surface area contributed by atoms with Crippen LogP contribution in [0.15, 0.2) is 59.6 Å². The number of aromatic nitrogens is 3. The van der Waals surface area contributed by atoms with Crippen LogP contribution >= 0.6 is 0 Å². The molecule has 0 N–H and O–H groups in total. The molecular weight excluding hydrogens is 383 g/mol. The maximum Gasteiger partial charge on any atom is 0.246 e. The molecule has 3 aromatic rings. The Morgan fingerprint density at radius 1 is 1.18 bits per heavy atom. The third-order valence-electron chi connectivity index (χ3n) is 4.82. The lowest BCUT2D eigenvalue weighted by Gasteiger charge is -2.18. The van der Waals surface area contributed by atoms with Crippen molar-refractivity contribution in [2.75, 3.05) is 20.2 Å². The fourth-order valence-electron chi connectivity index (χ4n) is 3.33. The van der Waals surface area contributed by atoms with E-state index >= 15 is 0 Å². The number of ether oxygens (including phenoxy) is 1. The molecule has 1 aliphatic rings. The first kappa shape index (κ1) is 18.6. The van der Waals surface area contributed by atoms with E-state index in [0.717, 1.165) is 17.3 Å². The summed E-state index contributed by atoms with van der Waals surface area (Å²) in [5, 5.41) is 8.36. The Morgan fingerprint density at radius 3 is 2.71 bits per heavy atom. The second kappa shape index (κ2) is 7.33. The predicted octanol–water partition coefficient (Wildman–Crippen LogP) is 2.73. The number of rotatable bonds is 5. The third-order valence-corrected chi connectivity index (χ3v) is 6.71. The van der Waals surface area contributed by atoms with Crippen LogP contribution in [-0.2, 0) is 10.0 Å². The van der Waals surface area contributed by atoms with Gasteiger partial charge in [-0.25, -0.2) is 17.5 Å². The molecule has 0 aliphatic carbocycles. The van der Waals surface area contributed by atoms with Crippen LogP contribution in [-0.4, -0.2) is 47.9 Å². The molecule has 0 spiro atoms. The minimum Gasteiger partial charge on any atom is -0.495 e. The first-order chi connectivity index (χ1) is 13.5. The molecule has 1 atom stereocenters. The van der Waals surface area contributed by atoms with Gasteiger partial charge in [0.2, 0.25) is 10.0 Å². The van der Waals surface area contributed by atoms with Gasteiger partial charge in [-0.15, -0.1) is 5.10 Å². The smallest absolute Gasteiger partial charge is 0.246 e. The summed E-state index contributed by atoms with van der Waals surface area (Å²) in [6, 6.07) is 13.0. The summed E-state index contributed by atoms with van der Waals surface area (Å²) in [5.74, 6) is -0.504. The maximum absolute atomic E-state index is 13.6. The van der Waals surface area contributed by atoms with Crippen molar-refractivity contribution in [3.8, 4) is 17.0 Å². The van der Waals surface area contributed by atoms with Gasteiger partial charge >= 0.3 is 0 Å². The average molecular weight is 402 g/mol. The first-order valence-electron chi connectivity index (χ1n) is 8.80. The van der Waals surface area contributed by atoms with Gasteiger partial charge in [-0.05, 0) is 24.6 Å². The van der Waals surface area contributed by atoms with E-state index in [2.05, 4.69) is 10.3 Å². The summed E-state index contributed by atoms with van der Waals surface area (Å²) in [4.78, 5) is -0.167. The van der Waals surface area contributed by atoms with Crippen molar-refractivity contribution in [1.82, 2.24) is 19.3 Å². The van der Waals surface area contributed by atoms with Gasteiger partial charge < -0.3 is 4.74 Å². The second-order valence-corrected chi connectivity index (χ2v) is 8.46. The highest BCUT2D eigenvalue weighted by Crippen LogP contribution is 2.32. The van der Waals surface area contributed by atoms with Gasteiger partial charge in [0, 0.05) is 18.7 Å². The zero-order valence-corrected chi connectivity index (χ0v) is 16.0. The Bertz CT molecular complexity index is 1090. The van der Waals surface area contributed by atoms with Crippen molar-refractivity contribution in [2.24, 2.45) is 0 Å². The van der Waals surface area contributed by atoms with E-state index < -0.39 is 15.8 Å². The number of nitrogens with zero attached hydrogens (tertiary/aromatic N) is 4. The number of hydrogen-bond acceptors (Lipinski definition) is 5. The van der Waals surface area contributed by atoms with E-state index in [1.54, 1.807) is 4.68 Å². The van der Waals surface area contributed by atoms with E-state index in [1.165, 1.54) is 23.5 Å². The van der Waals surface area contributed by atoms with Crippen molar-refractivity contribution in [1.29, 1.82) is 0 Å². The van der Waals surface area contributed by atoms with Crippen molar-refractivity contribution < 1.29 is 17.5 Å². The Hall–Kier alpha value is -2.78. The minimum atomic E-state index is -3.88. The lowest BCUT2D eigenvalue weighted by atomic mass is 10.2. The molecule has 1 unspecified atom stereocenters.